The summed E-state index contributed by atoms with van der Waals surface area (Å²) in [4.78, 5) is 6.76. The van der Waals surface area contributed by atoms with Crippen LogP contribution in [0.3, 0.4) is 0 Å². The second-order valence-electron chi connectivity index (χ2n) is 8.01. The predicted molar refractivity (Wildman–Crippen MR) is 114 cm³/mol. The van der Waals surface area contributed by atoms with E-state index < -0.39 is 9.84 Å². The average molecular weight is 411 g/mol. The molecule has 1 aliphatic rings. The van der Waals surface area contributed by atoms with Crippen LogP contribution in [0, 0.1) is 19.8 Å². The standard InChI is InChI=1S/C23H26N2O3S/c1-16-9-11-19(12-10-16)21-24-22(23(28-21)25-13-5-7-18(3)15-25)29(26,27)20-8-4-6-17(2)14-20/h4,6,8-12,14,18H,5,7,13,15H2,1-3H3. The number of rotatable bonds is 4. The van der Waals surface area contributed by atoms with Crippen LogP contribution in [-0.4, -0.2) is 26.5 Å². The van der Waals surface area contributed by atoms with Crippen molar-refractivity contribution in [1.29, 1.82) is 0 Å². The highest BCUT2D eigenvalue weighted by molar-refractivity contribution is 7.91. The van der Waals surface area contributed by atoms with Gasteiger partial charge in [0.15, 0.2) is 0 Å². The third-order valence-electron chi connectivity index (χ3n) is 5.38. The van der Waals surface area contributed by atoms with E-state index in [0.717, 1.165) is 42.6 Å². The Morgan fingerprint density at radius 2 is 1.83 bits per heavy atom. The third-order valence-corrected chi connectivity index (χ3v) is 7.03. The molecule has 1 atom stereocenters. The molecule has 29 heavy (non-hydrogen) atoms. The maximum Gasteiger partial charge on any atom is 0.236 e. The molecule has 0 bridgehead atoms. The number of anilines is 1. The summed E-state index contributed by atoms with van der Waals surface area (Å²) in [6.45, 7) is 7.60. The first-order valence-corrected chi connectivity index (χ1v) is 11.5. The summed E-state index contributed by atoms with van der Waals surface area (Å²) in [7, 11) is -3.80. The van der Waals surface area contributed by atoms with Gasteiger partial charge in [-0.05, 0) is 62.4 Å². The Morgan fingerprint density at radius 1 is 1.07 bits per heavy atom. The lowest BCUT2D eigenvalue weighted by molar-refractivity contribution is 0.419. The van der Waals surface area contributed by atoms with Crippen molar-refractivity contribution in [2.24, 2.45) is 5.92 Å². The van der Waals surface area contributed by atoms with Gasteiger partial charge in [-0.3, -0.25) is 0 Å². The largest absolute Gasteiger partial charge is 0.419 e. The summed E-state index contributed by atoms with van der Waals surface area (Å²) in [5.74, 6) is 1.17. The molecule has 4 rings (SSSR count). The first-order chi connectivity index (χ1) is 13.8. The molecule has 1 aromatic heterocycles. The normalized spacial score (nSPS) is 17.5. The van der Waals surface area contributed by atoms with Crippen molar-refractivity contribution in [2.45, 2.75) is 43.5 Å². The topological polar surface area (TPSA) is 63.4 Å². The van der Waals surface area contributed by atoms with Crippen molar-refractivity contribution in [1.82, 2.24) is 4.98 Å². The van der Waals surface area contributed by atoms with E-state index in [9.17, 15) is 8.42 Å². The molecule has 2 aromatic carbocycles. The van der Waals surface area contributed by atoms with E-state index in [4.69, 9.17) is 4.42 Å². The maximum absolute atomic E-state index is 13.5. The number of hydrogen-bond donors (Lipinski definition) is 0. The van der Waals surface area contributed by atoms with Crippen molar-refractivity contribution in [2.75, 3.05) is 18.0 Å². The highest BCUT2D eigenvalue weighted by Crippen LogP contribution is 2.36. The molecule has 0 saturated carbocycles. The van der Waals surface area contributed by atoms with Crippen molar-refractivity contribution < 1.29 is 12.8 Å². The van der Waals surface area contributed by atoms with E-state index in [-0.39, 0.29) is 9.92 Å². The van der Waals surface area contributed by atoms with Crippen LogP contribution in [0.15, 0.2) is 62.9 Å². The van der Waals surface area contributed by atoms with Crippen LogP contribution in [0.1, 0.15) is 30.9 Å². The lowest BCUT2D eigenvalue weighted by Gasteiger charge is -2.30. The highest BCUT2D eigenvalue weighted by atomic mass is 32.2. The molecule has 1 aliphatic heterocycles. The molecule has 152 valence electrons. The van der Waals surface area contributed by atoms with Gasteiger partial charge in [-0.2, -0.15) is 4.98 Å². The molecule has 0 amide bonds. The summed E-state index contributed by atoms with van der Waals surface area (Å²) >= 11 is 0. The summed E-state index contributed by atoms with van der Waals surface area (Å²) in [5.41, 5.74) is 2.78. The molecule has 0 radical (unpaired) electrons. The lowest BCUT2D eigenvalue weighted by atomic mass is 10.0. The molecule has 0 N–H and O–H groups in total. The highest BCUT2D eigenvalue weighted by Gasteiger charge is 2.33. The number of nitrogens with zero attached hydrogens (tertiary/aromatic N) is 2. The van der Waals surface area contributed by atoms with Crippen molar-refractivity contribution >= 4 is 15.7 Å². The van der Waals surface area contributed by atoms with E-state index >= 15 is 0 Å². The van der Waals surface area contributed by atoms with Crippen LogP contribution < -0.4 is 4.90 Å². The molecule has 5 nitrogen and oxygen atoms in total. The number of aryl methyl sites for hydroxylation is 2. The van der Waals surface area contributed by atoms with Gasteiger partial charge < -0.3 is 9.32 Å². The Morgan fingerprint density at radius 3 is 2.52 bits per heavy atom. The molecular weight excluding hydrogens is 384 g/mol. The van der Waals surface area contributed by atoms with Crippen LogP contribution in [-0.2, 0) is 9.84 Å². The summed E-state index contributed by atoms with van der Waals surface area (Å²) in [5, 5.41) is 0.00720. The third kappa shape index (κ3) is 3.94. The Hall–Kier alpha value is -2.60. The van der Waals surface area contributed by atoms with Crippen LogP contribution in [0.5, 0.6) is 0 Å². The van der Waals surface area contributed by atoms with Gasteiger partial charge in [-0.1, -0.05) is 36.8 Å². The number of aromatic nitrogens is 1. The first-order valence-electron chi connectivity index (χ1n) is 9.99. The van der Waals surface area contributed by atoms with Crippen LogP contribution in [0.2, 0.25) is 0 Å². The molecule has 1 fully saturated rings. The first kappa shape index (κ1) is 19.7. The number of benzene rings is 2. The predicted octanol–water partition coefficient (Wildman–Crippen LogP) is 5.03. The van der Waals surface area contributed by atoms with E-state index in [0.29, 0.717) is 17.7 Å². The fourth-order valence-corrected chi connectivity index (χ4v) is 5.19. The summed E-state index contributed by atoms with van der Waals surface area (Å²) in [6, 6.07) is 14.7. The van der Waals surface area contributed by atoms with Crippen LogP contribution in [0.25, 0.3) is 11.5 Å². The van der Waals surface area contributed by atoms with Gasteiger partial charge in [-0.25, -0.2) is 8.42 Å². The van der Waals surface area contributed by atoms with Crippen molar-refractivity contribution in [3.05, 3.63) is 59.7 Å². The molecular formula is C23H26N2O3S. The molecule has 2 heterocycles. The molecule has 6 heteroatoms. The number of hydrogen-bond acceptors (Lipinski definition) is 5. The Bertz CT molecular complexity index is 1120. The van der Waals surface area contributed by atoms with Crippen LogP contribution in [0.4, 0.5) is 5.88 Å². The monoisotopic (exact) mass is 410 g/mol. The number of piperidine rings is 1. The van der Waals surface area contributed by atoms with Gasteiger partial charge in [0.1, 0.15) is 0 Å². The minimum Gasteiger partial charge on any atom is -0.419 e. The van der Waals surface area contributed by atoms with E-state index in [1.54, 1.807) is 18.2 Å². The van der Waals surface area contributed by atoms with Gasteiger partial charge in [-0.15, -0.1) is 0 Å². The lowest BCUT2D eigenvalue weighted by Crippen LogP contribution is -2.34. The number of sulfone groups is 1. The smallest absolute Gasteiger partial charge is 0.236 e. The second-order valence-corrected chi connectivity index (χ2v) is 9.87. The van der Waals surface area contributed by atoms with Gasteiger partial charge in [0.05, 0.1) is 4.90 Å². The minimum absolute atomic E-state index is 0.00720. The van der Waals surface area contributed by atoms with Gasteiger partial charge in [0.25, 0.3) is 0 Å². The van der Waals surface area contributed by atoms with E-state index in [2.05, 4.69) is 11.9 Å². The van der Waals surface area contributed by atoms with Gasteiger partial charge >= 0.3 is 0 Å². The summed E-state index contributed by atoms with van der Waals surface area (Å²) < 4.78 is 33.1. The van der Waals surface area contributed by atoms with Gasteiger partial charge in [0.2, 0.25) is 26.6 Å². The second kappa shape index (κ2) is 7.67. The summed E-state index contributed by atoms with van der Waals surface area (Å²) in [6.07, 6.45) is 2.14. The van der Waals surface area contributed by atoms with E-state index in [1.807, 2.05) is 49.1 Å². The maximum atomic E-state index is 13.5. The fraction of sp³-hybridized carbons (Fsp3) is 0.348. The zero-order valence-corrected chi connectivity index (χ0v) is 17.9. The Balaban J connectivity index is 1.85. The SMILES string of the molecule is Cc1ccc(-c2nc(S(=O)(=O)c3cccc(C)c3)c(N3CCCC(C)C3)o2)cc1. The Kier molecular flexibility index (Phi) is 5.21. The molecule has 1 unspecified atom stereocenters. The van der Waals surface area contributed by atoms with Crippen LogP contribution >= 0.6 is 0 Å². The number of oxazole rings is 1. The fourth-order valence-electron chi connectivity index (χ4n) is 3.76. The Labute approximate surface area is 172 Å². The minimum atomic E-state index is -3.80. The quantitative estimate of drug-likeness (QED) is 0.604. The van der Waals surface area contributed by atoms with E-state index in [1.165, 1.54) is 0 Å². The zero-order chi connectivity index (χ0) is 20.6. The average Bonchev–Trinajstić information content (AvgIpc) is 3.15. The molecule has 1 saturated heterocycles. The van der Waals surface area contributed by atoms with Gasteiger partial charge in [0, 0.05) is 18.7 Å². The zero-order valence-electron chi connectivity index (χ0n) is 17.1. The van der Waals surface area contributed by atoms with Crippen molar-refractivity contribution in [3.63, 3.8) is 0 Å². The molecule has 3 aromatic rings. The molecule has 0 aliphatic carbocycles. The molecule has 0 spiro atoms. The van der Waals surface area contributed by atoms with Crippen molar-refractivity contribution in [3.8, 4) is 11.5 Å².